The molecule has 4 nitrogen and oxygen atoms in total. The van der Waals surface area contributed by atoms with Gasteiger partial charge in [-0.05, 0) is 59.6 Å². The van der Waals surface area contributed by atoms with Crippen LogP contribution in [0.2, 0.25) is 0 Å². The van der Waals surface area contributed by atoms with Gasteiger partial charge >= 0.3 is 11.9 Å². The van der Waals surface area contributed by atoms with Crippen molar-refractivity contribution in [3.8, 4) is 0 Å². The van der Waals surface area contributed by atoms with E-state index in [0.717, 1.165) is 22.6 Å². The van der Waals surface area contributed by atoms with Gasteiger partial charge in [0.15, 0.2) is 6.61 Å². The van der Waals surface area contributed by atoms with Crippen LogP contribution in [-0.4, -0.2) is 24.6 Å². The first kappa shape index (κ1) is 21.8. The number of rotatable bonds is 7. The summed E-state index contributed by atoms with van der Waals surface area (Å²) in [5, 5.41) is 3.87. The zero-order valence-electron chi connectivity index (χ0n) is 17.1. The van der Waals surface area contributed by atoms with Crippen LogP contribution in [0.15, 0.2) is 35.0 Å². The van der Waals surface area contributed by atoms with Crippen molar-refractivity contribution in [3.63, 3.8) is 0 Å². The van der Waals surface area contributed by atoms with Gasteiger partial charge in [0.2, 0.25) is 0 Å². The Labute approximate surface area is 180 Å². The number of esters is 2. The summed E-state index contributed by atoms with van der Waals surface area (Å²) in [6.07, 6.45) is 4.83. The molecule has 29 heavy (non-hydrogen) atoms. The van der Waals surface area contributed by atoms with Crippen molar-refractivity contribution in [1.82, 2.24) is 0 Å². The van der Waals surface area contributed by atoms with Gasteiger partial charge in [-0.15, -0.1) is 22.7 Å². The molecular weight excluding hydrogens is 404 g/mol. The molecular formula is C23H28O4S2. The van der Waals surface area contributed by atoms with Crippen LogP contribution in [0.5, 0.6) is 0 Å². The fraction of sp³-hybridized carbons (Fsp3) is 0.478. The van der Waals surface area contributed by atoms with Crippen LogP contribution < -0.4 is 0 Å². The first-order valence-electron chi connectivity index (χ1n) is 10.1. The molecule has 3 rings (SSSR count). The number of hydrogen-bond donors (Lipinski definition) is 0. The lowest BCUT2D eigenvalue weighted by Gasteiger charge is -2.36. The first-order valence-corrected chi connectivity index (χ1v) is 11.9. The molecule has 6 heteroatoms. The van der Waals surface area contributed by atoms with Gasteiger partial charge in [0.25, 0.3) is 0 Å². The van der Waals surface area contributed by atoms with E-state index in [0.29, 0.717) is 23.3 Å². The Morgan fingerprint density at radius 1 is 1.17 bits per heavy atom. The minimum atomic E-state index is -0.504. The molecule has 0 bridgehead atoms. The quantitative estimate of drug-likeness (QED) is 0.404. The van der Waals surface area contributed by atoms with E-state index in [1.807, 2.05) is 41.1 Å². The van der Waals surface area contributed by atoms with Gasteiger partial charge in [0.1, 0.15) is 6.10 Å². The van der Waals surface area contributed by atoms with Gasteiger partial charge < -0.3 is 9.47 Å². The van der Waals surface area contributed by atoms with Crippen molar-refractivity contribution in [2.45, 2.75) is 46.1 Å². The van der Waals surface area contributed by atoms with Crippen molar-refractivity contribution in [1.29, 1.82) is 0 Å². The summed E-state index contributed by atoms with van der Waals surface area (Å²) in [6.45, 7) is 6.18. The van der Waals surface area contributed by atoms with Crippen molar-refractivity contribution in [3.05, 3.63) is 44.8 Å². The van der Waals surface area contributed by atoms with E-state index in [9.17, 15) is 9.59 Å². The maximum absolute atomic E-state index is 12.7. The first-order chi connectivity index (χ1) is 13.9. The highest BCUT2D eigenvalue weighted by Crippen LogP contribution is 2.35. The number of carbonyl (C=O) groups excluding carboxylic acids is 2. The molecule has 2 heterocycles. The van der Waals surface area contributed by atoms with E-state index in [1.54, 1.807) is 11.3 Å². The average molecular weight is 433 g/mol. The lowest BCUT2D eigenvalue weighted by molar-refractivity contribution is -0.165. The van der Waals surface area contributed by atoms with Gasteiger partial charge in [0.05, 0.1) is 5.57 Å². The van der Waals surface area contributed by atoms with Crippen molar-refractivity contribution >= 4 is 46.3 Å². The maximum atomic E-state index is 12.7. The molecule has 0 aromatic carbocycles. The van der Waals surface area contributed by atoms with Gasteiger partial charge in [0, 0.05) is 9.75 Å². The van der Waals surface area contributed by atoms with Crippen LogP contribution in [0, 0.1) is 17.8 Å². The minimum Gasteiger partial charge on any atom is -0.460 e. The monoisotopic (exact) mass is 432 g/mol. The second-order valence-corrected chi connectivity index (χ2v) is 9.91. The Morgan fingerprint density at radius 3 is 2.59 bits per heavy atom. The fourth-order valence-electron chi connectivity index (χ4n) is 3.83. The highest BCUT2D eigenvalue weighted by molar-refractivity contribution is 7.12. The molecule has 3 unspecified atom stereocenters. The Balaban J connectivity index is 1.61. The Kier molecular flexibility index (Phi) is 7.67. The van der Waals surface area contributed by atoms with Crippen molar-refractivity contribution in [2.75, 3.05) is 6.61 Å². The van der Waals surface area contributed by atoms with Gasteiger partial charge in [-0.25, -0.2) is 9.59 Å². The smallest absolute Gasteiger partial charge is 0.344 e. The largest absolute Gasteiger partial charge is 0.460 e. The molecule has 0 aliphatic heterocycles. The second-order valence-electron chi connectivity index (χ2n) is 7.98. The van der Waals surface area contributed by atoms with Crippen molar-refractivity contribution in [2.24, 2.45) is 17.8 Å². The highest BCUT2D eigenvalue weighted by atomic mass is 32.1. The molecule has 1 fully saturated rings. The van der Waals surface area contributed by atoms with Gasteiger partial charge in [-0.1, -0.05) is 39.3 Å². The van der Waals surface area contributed by atoms with Crippen LogP contribution in [0.1, 0.15) is 49.8 Å². The number of carbonyl (C=O) groups is 2. The summed E-state index contributed by atoms with van der Waals surface area (Å²) in [4.78, 5) is 26.9. The minimum absolute atomic E-state index is 0.0941. The molecule has 3 atom stereocenters. The molecule has 0 N–H and O–H groups in total. The average Bonchev–Trinajstić information content (AvgIpc) is 3.37. The normalized spacial score (nSPS) is 22.5. The summed E-state index contributed by atoms with van der Waals surface area (Å²) in [7, 11) is 0. The summed E-state index contributed by atoms with van der Waals surface area (Å²) < 4.78 is 11.1. The molecule has 2 aromatic heterocycles. The molecule has 1 aliphatic rings. The molecule has 1 saturated carbocycles. The van der Waals surface area contributed by atoms with Gasteiger partial charge in [-0.3, -0.25) is 0 Å². The van der Waals surface area contributed by atoms with E-state index in [1.165, 1.54) is 17.8 Å². The molecule has 0 amide bonds. The maximum Gasteiger partial charge on any atom is 0.344 e. The van der Waals surface area contributed by atoms with Crippen LogP contribution in [0.25, 0.3) is 11.6 Å². The predicted octanol–water partition coefficient (Wildman–Crippen LogP) is 5.90. The number of thiophene rings is 2. The van der Waals surface area contributed by atoms with E-state index >= 15 is 0 Å². The van der Waals surface area contributed by atoms with E-state index < -0.39 is 11.9 Å². The number of hydrogen-bond acceptors (Lipinski definition) is 6. The summed E-state index contributed by atoms with van der Waals surface area (Å²) in [5.74, 6) is 0.401. The second kappa shape index (κ2) is 10.2. The molecule has 2 aromatic rings. The summed E-state index contributed by atoms with van der Waals surface area (Å²) in [5.41, 5.74) is 0.460. The summed E-state index contributed by atoms with van der Waals surface area (Å²) in [6, 6.07) is 7.64. The number of ether oxygens (including phenoxy) is 2. The van der Waals surface area contributed by atoms with Crippen LogP contribution in [0.3, 0.4) is 0 Å². The van der Waals surface area contributed by atoms with Crippen LogP contribution in [-0.2, 0) is 19.1 Å². The fourth-order valence-corrected chi connectivity index (χ4v) is 5.22. The van der Waals surface area contributed by atoms with E-state index in [-0.39, 0.29) is 12.7 Å². The lowest BCUT2D eigenvalue weighted by atomic mass is 9.75. The molecule has 0 saturated heterocycles. The third kappa shape index (κ3) is 6.03. The van der Waals surface area contributed by atoms with Crippen molar-refractivity contribution < 1.29 is 19.1 Å². The molecule has 1 aliphatic carbocycles. The Hall–Kier alpha value is -1.92. The molecule has 0 spiro atoms. The standard InChI is InChI=1S/C23H28O4S2/c1-15(2)18-9-8-16(3)12-20(18)27-22(24)14-26-23(25)19(21-7-5-11-29-21)13-17-6-4-10-28-17/h4-7,10-11,13,15-16,18,20H,8-9,12,14H2,1-3H3/b19-13+. The van der Waals surface area contributed by atoms with Crippen LogP contribution in [0.4, 0.5) is 0 Å². The van der Waals surface area contributed by atoms with Crippen LogP contribution >= 0.6 is 22.7 Å². The third-order valence-corrected chi connectivity index (χ3v) is 7.12. The third-order valence-electron chi connectivity index (χ3n) is 5.40. The highest BCUT2D eigenvalue weighted by Gasteiger charge is 2.33. The van der Waals surface area contributed by atoms with E-state index in [2.05, 4.69) is 20.8 Å². The van der Waals surface area contributed by atoms with E-state index in [4.69, 9.17) is 9.47 Å². The Morgan fingerprint density at radius 2 is 1.93 bits per heavy atom. The van der Waals surface area contributed by atoms with Gasteiger partial charge in [-0.2, -0.15) is 0 Å². The lowest BCUT2D eigenvalue weighted by Crippen LogP contribution is -2.36. The molecule has 0 radical (unpaired) electrons. The summed E-state index contributed by atoms with van der Waals surface area (Å²) >= 11 is 3.01. The zero-order chi connectivity index (χ0) is 20.8. The predicted molar refractivity (Wildman–Crippen MR) is 119 cm³/mol. The topological polar surface area (TPSA) is 52.6 Å². The molecule has 156 valence electrons. The Bertz CT molecular complexity index is 821. The SMILES string of the molecule is CC1CCC(C(C)C)C(OC(=O)COC(=O)/C(=C/c2cccs2)c2cccs2)C1. The zero-order valence-corrected chi connectivity index (χ0v) is 18.8.